The van der Waals surface area contributed by atoms with Gasteiger partial charge in [0.1, 0.15) is 17.5 Å². The number of aliphatic carboxylic acids is 1. The Hall–Kier alpha value is -2.11. The second kappa shape index (κ2) is 5.35. The summed E-state index contributed by atoms with van der Waals surface area (Å²) >= 11 is 0. The highest BCUT2D eigenvalue weighted by Gasteiger charge is 2.37. The number of rotatable bonds is 1. The lowest BCUT2D eigenvalue weighted by Crippen LogP contribution is -2.50. The highest BCUT2D eigenvalue weighted by Crippen LogP contribution is 2.27. The summed E-state index contributed by atoms with van der Waals surface area (Å²) in [5.74, 6) is -1.61. The molecule has 0 fully saturated rings. The van der Waals surface area contributed by atoms with Gasteiger partial charge < -0.3 is 9.84 Å². The van der Waals surface area contributed by atoms with E-state index >= 15 is 0 Å². The number of carbonyl (C=O) groups excluding carboxylic acids is 1. The maximum absolute atomic E-state index is 13.8. The van der Waals surface area contributed by atoms with E-state index in [9.17, 15) is 19.1 Å². The number of carboxylic acid groups (broad SMARTS) is 1. The molecule has 0 spiro atoms. The van der Waals surface area contributed by atoms with Gasteiger partial charge >= 0.3 is 12.1 Å². The molecule has 1 unspecified atom stereocenters. The van der Waals surface area contributed by atoms with Gasteiger partial charge in [-0.1, -0.05) is 12.1 Å². The number of hydrogen-bond donors (Lipinski definition) is 1. The summed E-state index contributed by atoms with van der Waals surface area (Å²) in [7, 11) is 0. The summed E-state index contributed by atoms with van der Waals surface area (Å²) in [6.45, 7) is 5.15. The molecule has 1 N–H and O–H groups in total. The summed E-state index contributed by atoms with van der Waals surface area (Å²) in [5.41, 5.74) is 0.241. The Morgan fingerprint density at radius 3 is 2.62 bits per heavy atom. The summed E-state index contributed by atoms with van der Waals surface area (Å²) in [4.78, 5) is 24.7. The third-order valence-electron chi connectivity index (χ3n) is 3.24. The van der Waals surface area contributed by atoms with Gasteiger partial charge in [0.2, 0.25) is 0 Å². The molecule has 1 aliphatic heterocycles. The van der Waals surface area contributed by atoms with Crippen LogP contribution in [0.5, 0.6) is 0 Å². The maximum atomic E-state index is 13.8. The lowest BCUT2D eigenvalue weighted by atomic mass is 9.94. The maximum Gasteiger partial charge on any atom is 0.411 e. The first-order valence-electron chi connectivity index (χ1n) is 6.68. The smallest absolute Gasteiger partial charge is 0.411 e. The minimum absolute atomic E-state index is 0.0268. The highest BCUT2D eigenvalue weighted by atomic mass is 19.1. The standard InChI is InChI=1S/C15H18FNO4/c1-15(2,3)21-14(20)17-8-9-5-4-6-11(16)10(9)7-12(17)13(18)19/h4-6,12H,7-8H2,1-3H3,(H,18,19). The molecular formula is C15H18FNO4. The predicted molar refractivity (Wildman–Crippen MR) is 73.3 cm³/mol. The number of ether oxygens (including phenoxy) is 1. The molecule has 0 saturated heterocycles. The average molecular weight is 295 g/mol. The van der Waals surface area contributed by atoms with Crippen molar-refractivity contribution in [3.63, 3.8) is 0 Å². The number of amides is 1. The molecule has 0 radical (unpaired) electrons. The van der Waals surface area contributed by atoms with Crippen molar-refractivity contribution in [1.29, 1.82) is 0 Å². The zero-order chi connectivity index (χ0) is 15.8. The second-order valence-corrected chi connectivity index (χ2v) is 6.04. The molecule has 1 aromatic carbocycles. The van der Waals surface area contributed by atoms with Crippen LogP contribution in [0.3, 0.4) is 0 Å². The van der Waals surface area contributed by atoms with E-state index in [1.165, 1.54) is 6.07 Å². The SMILES string of the molecule is CC(C)(C)OC(=O)N1Cc2cccc(F)c2CC1C(=O)O. The van der Waals surface area contributed by atoms with Crippen molar-refractivity contribution < 1.29 is 23.8 Å². The third kappa shape index (κ3) is 3.32. The number of carbonyl (C=O) groups is 2. The van der Waals surface area contributed by atoms with Gasteiger partial charge in [-0.15, -0.1) is 0 Å². The number of halogens is 1. The van der Waals surface area contributed by atoms with Crippen LogP contribution in [0, 0.1) is 5.82 Å². The number of benzene rings is 1. The molecule has 6 heteroatoms. The molecule has 0 aliphatic carbocycles. The Bertz CT molecular complexity index is 580. The zero-order valence-electron chi connectivity index (χ0n) is 12.2. The summed E-state index contributed by atoms with van der Waals surface area (Å²) in [6.07, 6.45) is -0.763. The molecule has 1 amide bonds. The van der Waals surface area contributed by atoms with Crippen LogP contribution in [0.1, 0.15) is 31.9 Å². The van der Waals surface area contributed by atoms with Gasteiger partial charge in [-0.3, -0.25) is 4.90 Å². The van der Waals surface area contributed by atoms with Gasteiger partial charge in [0.25, 0.3) is 0 Å². The van der Waals surface area contributed by atoms with Crippen molar-refractivity contribution in [3.8, 4) is 0 Å². The molecule has 1 aliphatic rings. The highest BCUT2D eigenvalue weighted by molar-refractivity contribution is 5.81. The van der Waals surface area contributed by atoms with Crippen LogP contribution >= 0.6 is 0 Å². The van der Waals surface area contributed by atoms with Crippen molar-refractivity contribution in [3.05, 3.63) is 35.1 Å². The lowest BCUT2D eigenvalue weighted by Gasteiger charge is -2.35. The van der Waals surface area contributed by atoms with Crippen LogP contribution in [0.2, 0.25) is 0 Å². The van der Waals surface area contributed by atoms with Crippen LogP contribution in [0.25, 0.3) is 0 Å². The molecule has 1 heterocycles. The molecule has 1 atom stereocenters. The van der Waals surface area contributed by atoms with Crippen molar-refractivity contribution in [1.82, 2.24) is 4.90 Å². The first-order chi connectivity index (χ1) is 9.69. The molecule has 5 nitrogen and oxygen atoms in total. The van der Waals surface area contributed by atoms with Crippen molar-refractivity contribution >= 4 is 12.1 Å². The van der Waals surface area contributed by atoms with E-state index in [0.29, 0.717) is 11.1 Å². The summed E-state index contributed by atoms with van der Waals surface area (Å²) in [5, 5.41) is 9.30. The van der Waals surface area contributed by atoms with Gasteiger partial charge in [0.15, 0.2) is 0 Å². The van der Waals surface area contributed by atoms with Gasteiger partial charge in [-0.2, -0.15) is 0 Å². The van der Waals surface area contributed by atoms with E-state index in [2.05, 4.69) is 0 Å². The fourth-order valence-electron chi connectivity index (χ4n) is 2.31. The Morgan fingerprint density at radius 2 is 2.05 bits per heavy atom. The van der Waals surface area contributed by atoms with Crippen LogP contribution in [-0.2, 0) is 22.5 Å². The third-order valence-corrected chi connectivity index (χ3v) is 3.24. The molecule has 0 saturated carbocycles. The fraction of sp³-hybridized carbons (Fsp3) is 0.467. The lowest BCUT2D eigenvalue weighted by molar-refractivity contribution is -0.143. The Morgan fingerprint density at radius 1 is 1.38 bits per heavy atom. The molecule has 0 aromatic heterocycles. The zero-order valence-corrected chi connectivity index (χ0v) is 12.2. The largest absolute Gasteiger partial charge is 0.480 e. The number of carboxylic acids is 1. The van der Waals surface area contributed by atoms with Crippen molar-refractivity contribution in [2.75, 3.05) is 0 Å². The minimum Gasteiger partial charge on any atom is -0.480 e. The number of hydrogen-bond acceptors (Lipinski definition) is 3. The molecule has 2 rings (SSSR count). The molecule has 1 aromatic rings. The molecule has 0 bridgehead atoms. The molecule has 21 heavy (non-hydrogen) atoms. The molecular weight excluding hydrogens is 277 g/mol. The summed E-state index contributed by atoms with van der Waals surface area (Å²) in [6, 6.07) is 3.40. The second-order valence-electron chi connectivity index (χ2n) is 6.04. The monoisotopic (exact) mass is 295 g/mol. The number of nitrogens with zero attached hydrogens (tertiary/aromatic N) is 1. The first kappa shape index (κ1) is 15.3. The van der Waals surface area contributed by atoms with Crippen molar-refractivity contribution in [2.45, 2.75) is 45.4 Å². The first-order valence-corrected chi connectivity index (χ1v) is 6.68. The average Bonchev–Trinajstić information content (AvgIpc) is 2.35. The van der Waals surface area contributed by atoms with Crippen LogP contribution in [-0.4, -0.2) is 33.7 Å². The molecule has 114 valence electrons. The van der Waals surface area contributed by atoms with Gasteiger partial charge in [0, 0.05) is 6.42 Å². The van der Waals surface area contributed by atoms with E-state index in [0.717, 1.165) is 4.90 Å². The predicted octanol–water partition coefficient (Wildman–Crippen LogP) is 2.57. The van der Waals surface area contributed by atoms with Gasteiger partial charge in [0.05, 0.1) is 6.54 Å². The van der Waals surface area contributed by atoms with E-state index in [1.807, 2.05) is 0 Å². The minimum atomic E-state index is -1.17. The van der Waals surface area contributed by atoms with Crippen molar-refractivity contribution in [2.24, 2.45) is 0 Å². The fourth-order valence-corrected chi connectivity index (χ4v) is 2.31. The van der Waals surface area contributed by atoms with E-state index in [-0.39, 0.29) is 13.0 Å². The normalized spacial score (nSPS) is 18.1. The Balaban J connectivity index is 2.32. The van der Waals surface area contributed by atoms with Crippen LogP contribution < -0.4 is 0 Å². The number of fused-ring (bicyclic) bond motifs is 1. The van der Waals surface area contributed by atoms with E-state index < -0.39 is 29.5 Å². The quantitative estimate of drug-likeness (QED) is 0.864. The summed E-state index contributed by atoms with van der Waals surface area (Å²) < 4.78 is 19.0. The topological polar surface area (TPSA) is 66.8 Å². The van der Waals surface area contributed by atoms with Gasteiger partial charge in [-0.25, -0.2) is 14.0 Å². The van der Waals surface area contributed by atoms with E-state index in [1.54, 1.807) is 32.9 Å². The van der Waals surface area contributed by atoms with E-state index in [4.69, 9.17) is 4.74 Å². The van der Waals surface area contributed by atoms with Crippen LogP contribution in [0.4, 0.5) is 9.18 Å². The Kier molecular flexibility index (Phi) is 3.89. The Labute approximate surface area is 122 Å². The van der Waals surface area contributed by atoms with Crippen LogP contribution in [0.15, 0.2) is 18.2 Å². The van der Waals surface area contributed by atoms with Gasteiger partial charge in [-0.05, 0) is 38.0 Å².